The molecule has 1 fully saturated rings. The average molecular weight is 387 g/mol. The molecule has 0 unspecified atom stereocenters. The molecule has 4 rings (SSSR count). The van der Waals surface area contributed by atoms with Crippen molar-refractivity contribution in [3.05, 3.63) is 65.7 Å². The van der Waals surface area contributed by atoms with E-state index in [4.69, 9.17) is 9.72 Å². The number of Topliss-reactive ketones (excluding diaryl/α,β-unsaturated/α-hetero) is 1. The summed E-state index contributed by atoms with van der Waals surface area (Å²) in [5.74, 6) is -0.0337. The first-order chi connectivity index (χ1) is 14.1. The summed E-state index contributed by atoms with van der Waals surface area (Å²) in [4.78, 5) is 28.6. The first-order valence-corrected chi connectivity index (χ1v) is 10.3. The maximum absolute atomic E-state index is 12.6. The molecular weight excluding hydrogens is 362 g/mol. The van der Waals surface area contributed by atoms with E-state index in [9.17, 15) is 9.59 Å². The van der Waals surface area contributed by atoms with Crippen molar-refractivity contribution >= 4 is 22.7 Å². The van der Waals surface area contributed by atoms with Crippen molar-refractivity contribution in [2.45, 2.75) is 44.9 Å². The molecule has 0 amide bonds. The van der Waals surface area contributed by atoms with Crippen LogP contribution in [0.1, 0.15) is 60.9 Å². The van der Waals surface area contributed by atoms with Gasteiger partial charge in [-0.2, -0.15) is 0 Å². The molecule has 0 atom stereocenters. The van der Waals surface area contributed by atoms with Crippen molar-refractivity contribution in [3.63, 3.8) is 0 Å². The van der Waals surface area contributed by atoms with Gasteiger partial charge in [0.1, 0.15) is 6.61 Å². The van der Waals surface area contributed by atoms with E-state index in [1.165, 1.54) is 44.6 Å². The summed E-state index contributed by atoms with van der Waals surface area (Å²) in [6, 6.07) is 17.8. The van der Waals surface area contributed by atoms with Gasteiger partial charge in [0.25, 0.3) is 0 Å². The van der Waals surface area contributed by atoms with Gasteiger partial charge in [-0.1, -0.05) is 61.7 Å². The van der Waals surface area contributed by atoms with Gasteiger partial charge in [-0.25, -0.2) is 9.78 Å². The fourth-order valence-corrected chi connectivity index (χ4v) is 4.10. The Labute approximate surface area is 170 Å². The van der Waals surface area contributed by atoms with Crippen LogP contribution in [0.15, 0.2) is 54.6 Å². The number of nitrogens with zero attached hydrogens (tertiary/aromatic N) is 1. The molecule has 29 heavy (non-hydrogen) atoms. The van der Waals surface area contributed by atoms with E-state index in [-0.39, 0.29) is 12.4 Å². The van der Waals surface area contributed by atoms with Gasteiger partial charge in [0.15, 0.2) is 5.78 Å². The number of hydrogen-bond donors (Lipinski definition) is 0. The van der Waals surface area contributed by atoms with Crippen LogP contribution in [0.25, 0.3) is 22.2 Å². The molecule has 1 aliphatic carbocycles. The lowest BCUT2D eigenvalue weighted by molar-refractivity contribution is -0.120. The molecule has 148 valence electrons. The Balaban J connectivity index is 1.68. The van der Waals surface area contributed by atoms with Gasteiger partial charge < -0.3 is 4.74 Å². The quantitative estimate of drug-likeness (QED) is 0.527. The molecule has 0 saturated heterocycles. The van der Waals surface area contributed by atoms with Crippen LogP contribution in [0.4, 0.5) is 0 Å². The standard InChI is InChI=1S/C25H25NO3/c1-17(27)16-29-25(28)22-15-24(26-23-10-6-5-9-21(22)23)20-13-11-19(12-14-20)18-7-3-2-4-8-18/h5-6,9-15,18H,2-4,7-8,16H2,1H3. The normalized spacial score (nSPS) is 14.7. The number of rotatable bonds is 5. The summed E-state index contributed by atoms with van der Waals surface area (Å²) >= 11 is 0. The van der Waals surface area contributed by atoms with Gasteiger partial charge in [0.05, 0.1) is 16.8 Å². The Morgan fingerprint density at radius 3 is 2.45 bits per heavy atom. The summed E-state index contributed by atoms with van der Waals surface area (Å²) in [5.41, 5.74) is 4.25. The molecule has 1 aliphatic rings. The lowest BCUT2D eigenvalue weighted by atomic mass is 9.84. The zero-order valence-corrected chi connectivity index (χ0v) is 16.7. The van der Waals surface area contributed by atoms with Crippen LogP contribution in [0.5, 0.6) is 0 Å². The summed E-state index contributed by atoms with van der Waals surface area (Å²) in [5, 5.41) is 0.726. The number of hydrogen-bond acceptors (Lipinski definition) is 4. The number of benzene rings is 2. The van der Waals surface area contributed by atoms with E-state index in [2.05, 4.69) is 24.3 Å². The van der Waals surface area contributed by atoms with Crippen molar-refractivity contribution in [3.8, 4) is 11.3 Å². The summed E-state index contributed by atoms with van der Waals surface area (Å²) in [6.45, 7) is 1.18. The molecule has 1 saturated carbocycles. The van der Waals surface area contributed by atoms with E-state index in [0.29, 0.717) is 11.5 Å². The number of ether oxygens (including phenoxy) is 1. The van der Waals surface area contributed by atoms with E-state index < -0.39 is 5.97 Å². The van der Waals surface area contributed by atoms with Crippen molar-refractivity contribution in [1.29, 1.82) is 0 Å². The van der Waals surface area contributed by atoms with Crippen LogP contribution in [0.2, 0.25) is 0 Å². The second kappa shape index (κ2) is 8.56. The minimum atomic E-state index is -0.501. The molecule has 0 radical (unpaired) electrons. The van der Waals surface area contributed by atoms with Gasteiger partial charge in [0, 0.05) is 10.9 Å². The second-order valence-corrected chi connectivity index (χ2v) is 7.81. The summed E-state index contributed by atoms with van der Waals surface area (Å²) < 4.78 is 5.17. The third-order valence-corrected chi connectivity index (χ3v) is 5.63. The van der Waals surface area contributed by atoms with Crippen molar-refractivity contribution in [2.75, 3.05) is 6.61 Å². The van der Waals surface area contributed by atoms with E-state index >= 15 is 0 Å². The first-order valence-electron chi connectivity index (χ1n) is 10.3. The highest BCUT2D eigenvalue weighted by Crippen LogP contribution is 2.34. The predicted octanol–water partition coefficient (Wildman–Crippen LogP) is 5.70. The zero-order chi connectivity index (χ0) is 20.2. The lowest BCUT2D eigenvalue weighted by Gasteiger charge is -2.22. The highest BCUT2D eigenvalue weighted by atomic mass is 16.5. The van der Waals surface area contributed by atoms with Crippen LogP contribution in [-0.2, 0) is 9.53 Å². The fourth-order valence-electron chi connectivity index (χ4n) is 4.10. The number of pyridine rings is 1. The van der Waals surface area contributed by atoms with E-state index in [0.717, 1.165) is 22.2 Å². The van der Waals surface area contributed by atoms with Gasteiger partial charge in [-0.05, 0) is 43.4 Å². The summed E-state index contributed by atoms with van der Waals surface area (Å²) in [6.07, 6.45) is 6.49. The minimum Gasteiger partial charge on any atom is -0.454 e. The Morgan fingerprint density at radius 2 is 1.72 bits per heavy atom. The fraction of sp³-hybridized carbons (Fsp3) is 0.320. The molecule has 4 heteroatoms. The third kappa shape index (κ3) is 4.37. The maximum atomic E-state index is 12.6. The van der Waals surface area contributed by atoms with Crippen LogP contribution in [0.3, 0.4) is 0 Å². The smallest absolute Gasteiger partial charge is 0.339 e. The SMILES string of the molecule is CC(=O)COC(=O)c1cc(-c2ccc(C3CCCCC3)cc2)nc2ccccc12. The highest BCUT2D eigenvalue weighted by molar-refractivity contribution is 6.05. The molecule has 3 aromatic rings. The molecule has 2 aromatic carbocycles. The van der Waals surface area contributed by atoms with Gasteiger partial charge in [-0.3, -0.25) is 4.79 Å². The highest BCUT2D eigenvalue weighted by Gasteiger charge is 2.17. The Morgan fingerprint density at radius 1 is 1.00 bits per heavy atom. The largest absolute Gasteiger partial charge is 0.454 e. The topological polar surface area (TPSA) is 56.3 Å². The van der Waals surface area contributed by atoms with Crippen LogP contribution >= 0.6 is 0 Å². The van der Waals surface area contributed by atoms with Crippen molar-refractivity contribution in [2.24, 2.45) is 0 Å². The minimum absolute atomic E-state index is 0.185. The maximum Gasteiger partial charge on any atom is 0.339 e. The number of para-hydroxylation sites is 1. The molecule has 0 bridgehead atoms. The van der Waals surface area contributed by atoms with Gasteiger partial charge in [-0.15, -0.1) is 0 Å². The van der Waals surface area contributed by atoms with Crippen LogP contribution in [0, 0.1) is 0 Å². The van der Waals surface area contributed by atoms with Gasteiger partial charge in [0.2, 0.25) is 0 Å². The van der Waals surface area contributed by atoms with Crippen molar-refractivity contribution < 1.29 is 14.3 Å². The van der Waals surface area contributed by atoms with Gasteiger partial charge >= 0.3 is 5.97 Å². The Hall–Kier alpha value is -3.01. The molecule has 0 N–H and O–H groups in total. The Bertz CT molecular complexity index is 1030. The number of ketones is 1. The first kappa shape index (κ1) is 19.3. The monoisotopic (exact) mass is 387 g/mol. The molecule has 4 nitrogen and oxygen atoms in total. The molecule has 0 spiro atoms. The average Bonchev–Trinajstić information content (AvgIpc) is 2.77. The molecular formula is C25H25NO3. The summed E-state index contributed by atoms with van der Waals surface area (Å²) in [7, 11) is 0. The number of esters is 1. The number of fused-ring (bicyclic) bond motifs is 1. The van der Waals surface area contributed by atoms with Crippen LogP contribution < -0.4 is 0 Å². The van der Waals surface area contributed by atoms with Crippen molar-refractivity contribution in [1.82, 2.24) is 4.98 Å². The number of aromatic nitrogens is 1. The second-order valence-electron chi connectivity index (χ2n) is 7.81. The zero-order valence-electron chi connectivity index (χ0n) is 16.7. The Kier molecular flexibility index (Phi) is 5.70. The number of carbonyl (C=O) groups excluding carboxylic acids is 2. The molecule has 0 aliphatic heterocycles. The van der Waals surface area contributed by atoms with Crippen LogP contribution in [-0.4, -0.2) is 23.3 Å². The number of carbonyl (C=O) groups is 2. The predicted molar refractivity (Wildman–Crippen MR) is 114 cm³/mol. The molecule has 1 aromatic heterocycles. The molecule has 1 heterocycles. The van der Waals surface area contributed by atoms with E-state index in [1.54, 1.807) is 6.07 Å². The third-order valence-electron chi connectivity index (χ3n) is 5.63. The lowest BCUT2D eigenvalue weighted by Crippen LogP contribution is -2.12. The van der Waals surface area contributed by atoms with E-state index in [1.807, 2.05) is 24.3 Å².